The van der Waals surface area contributed by atoms with Crippen molar-refractivity contribution < 1.29 is 14.4 Å². The Balaban J connectivity index is 1.32. The van der Waals surface area contributed by atoms with Crippen molar-refractivity contribution in [2.24, 2.45) is 0 Å². The molecule has 0 bridgehead atoms. The summed E-state index contributed by atoms with van der Waals surface area (Å²) in [7, 11) is 0. The van der Waals surface area contributed by atoms with Gasteiger partial charge in [-0.1, -0.05) is 38.0 Å². The van der Waals surface area contributed by atoms with Crippen LogP contribution in [0.4, 0.5) is 4.79 Å². The van der Waals surface area contributed by atoms with Gasteiger partial charge in [0.1, 0.15) is 5.54 Å². The van der Waals surface area contributed by atoms with Crippen molar-refractivity contribution in [3.8, 4) is 0 Å². The van der Waals surface area contributed by atoms with Crippen molar-refractivity contribution in [2.45, 2.75) is 63.5 Å². The Labute approximate surface area is 184 Å². The van der Waals surface area contributed by atoms with Crippen molar-refractivity contribution in [1.29, 1.82) is 0 Å². The van der Waals surface area contributed by atoms with Gasteiger partial charge in [-0.3, -0.25) is 19.4 Å². The van der Waals surface area contributed by atoms with E-state index in [1.54, 1.807) is 0 Å². The van der Waals surface area contributed by atoms with Gasteiger partial charge >= 0.3 is 6.03 Å². The van der Waals surface area contributed by atoms with Gasteiger partial charge in [-0.05, 0) is 50.8 Å². The SMILES string of the molecule is CCCN(CCN1C(=O)NC2(CCCC2)C1=O)C1CCN(C(=O)c2ccccc2)CC1. The molecule has 1 aromatic carbocycles. The molecule has 1 spiro atoms. The number of benzene rings is 1. The number of imide groups is 1. The van der Waals surface area contributed by atoms with E-state index in [0.29, 0.717) is 19.1 Å². The summed E-state index contributed by atoms with van der Waals surface area (Å²) in [5.74, 6) is 0.0667. The number of nitrogens with zero attached hydrogens (tertiary/aromatic N) is 3. The highest BCUT2D eigenvalue weighted by atomic mass is 16.2. The molecule has 4 rings (SSSR count). The minimum absolute atomic E-state index is 0.0327. The number of rotatable bonds is 7. The van der Waals surface area contributed by atoms with E-state index in [0.717, 1.165) is 70.1 Å². The predicted molar refractivity (Wildman–Crippen MR) is 119 cm³/mol. The number of carbonyl (C=O) groups is 3. The van der Waals surface area contributed by atoms with E-state index in [2.05, 4.69) is 17.1 Å². The van der Waals surface area contributed by atoms with E-state index < -0.39 is 5.54 Å². The average molecular weight is 427 g/mol. The maximum absolute atomic E-state index is 12.9. The normalized spacial score (nSPS) is 21.4. The van der Waals surface area contributed by atoms with Crippen LogP contribution in [0.1, 0.15) is 62.2 Å². The van der Waals surface area contributed by atoms with Crippen molar-refractivity contribution in [3.05, 3.63) is 35.9 Å². The lowest BCUT2D eigenvalue weighted by atomic mass is 9.98. The highest BCUT2D eigenvalue weighted by Crippen LogP contribution is 2.35. The standard InChI is InChI=1S/C24H34N4O3/c1-2-14-26(17-18-28-22(30)24(25-23(28)31)12-6-7-13-24)20-10-15-27(16-11-20)21(29)19-8-4-3-5-9-19/h3-5,8-9,20H,2,6-7,10-18H2,1H3,(H,25,31). The van der Waals surface area contributed by atoms with Crippen LogP contribution in [0.5, 0.6) is 0 Å². The molecular weight excluding hydrogens is 392 g/mol. The van der Waals surface area contributed by atoms with Crippen LogP contribution in [-0.4, -0.2) is 76.8 Å². The van der Waals surface area contributed by atoms with Gasteiger partial charge in [0.15, 0.2) is 0 Å². The van der Waals surface area contributed by atoms with Crippen LogP contribution in [0.2, 0.25) is 0 Å². The molecule has 0 unspecified atom stereocenters. The fraction of sp³-hybridized carbons (Fsp3) is 0.625. The topological polar surface area (TPSA) is 73.0 Å². The molecule has 168 valence electrons. The van der Waals surface area contributed by atoms with Gasteiger partial charge in [0, 0.05) is 37.8 Å². The summed E-state index contributed by atoms with van der Waals surface area (Å²) in [6.07, 6.45) is 6.39. The van der Waals surface area contributed by atoms with Crippen LogP contribution in [-0.2, 0) is 4.79 Å². The second-order valence-corrected chi connectivity index (χ2v) is 9.10. The second kappa shape index (κ2) is 9.39. The lowest BCUT2D eigenvalue weighted by molar-refractivity contribution is -0.131. The van der Waals surface area contributed by atoms with Gasteiger partial charge in [0.25, 0.3) is 11.8 Å². The molecule has 1 aromatic rings. The highest BCUT2D eigenvalue weighted by molar-refractivity contribution is 6.07. The number of nitrogens with one attached hydrogen (secondary N) is 1. The summed E-state index contributed by atoms with van der Waals surface area (Å²) < 4.78 is 0. The molecule has 3 aliphatic rings. The summed E-state index contributed by atoms with van der Waals surface area (Å²) in [6, 6.07) is 9.60. The number of amides is 4. The monoisotopic (exact) mass is 426 g/mol. The van der Waals surface area contributed by atoms with E-state index in [9.17, 15) is 14.4 Å². The molecule has 1 saturated carbocycles. The lowest BCUT2D eigenvalue weighted by Crippen LogP contribution is -2.49. The summed E-state index contributed by atoms with van der Waals surface area (Å²) in [5.41, 5.74) is 0.112. The molecule has 0 radical (unpaired) electrons. The number of hydrogen-bond acceptors (Lipinski definition) is 4. The molecule has 4 amide bonds. The van der Waals surface area contributed by atoms with Gasteiger partial charge in [-0.2, -0.15) is 0 Å². The van der Waals surface area contributed by atoms with Gasteiger partial charge in [0.2, 0.25) is 0 Å². The maximum Gasteiger partial charge on any atom is 0.325 e. The van der Waals surface area contributed by atoms with Crippen molar-refractivity contribution in [2.75, 3.05) is 32.7 Å². The number of carbonyl (C=O) groups excluding carboxylic acids is 3. The van der Waals surface area contributed by atoms with Crippen LogP contribution < -0.4 is 5.32 Å². The molecule has 2 heterocycles. The molecule has 0 atom stereocenters. The Morgan fingerprint density at radius 2 is 1.77 bits per heavy atom. The molecule has 0 aromatic heterocycles. The van der Waals surface area contributed by atoms with Gasteiger partial charge in [-0.25, -0.2) is 4.79 Å². The third-order valence-corrected chi connectivity index (χ3v) is 7.11. The first-order valence-corrected chi connectivity index (χ1v) is 11.8. The number of likely N-dealkylation sites (tertiary alicyclic amines) is 1. The zero-order valence-electron chi connectivity index (χ0n) is 18.5. The Morgan fingerprint density at radius 3 is 2.42 bits per heavy atom. The minimum atomic E-state index is -0.629. The number of urea groups is 1. The van der Waals surface area contributed by atoms with E-state index in [1.165, 1.54) is 4.90 Å². The molecular formula is C24H34N4O3. The molecule has 1 aliphatic carbocycles. The molecule has 1 N–H and O–H groups in total. The summed E-state index contributed by atoms with van der Waals surface area (Å²) in [5, 5.41) is 2.97. The van der Waals surface area contributed by atoms with E-state index >= 15 is 0 Å². The molecule has 7 heteroatoms. The second-order valence-electron chi connectivity index (χ2n) is 9.10. The molecule has 2 aliphatic heterocycles. The van der Waals surface area contributed by atoms with Crippen LogP contribution in [0.3, 0.4) is 0 Å². The lowest BCUT2D eigenvalue weighted by Gasteiger charge is -2.39. The number of piperidine rings is 1. The molecule has 3 fully saturated rings. The van der Waals surface area contributed by atoms with Gasteiger partial charge < -0.3 is 10.2 Å². The number of hydrogen-bond donors (Lipinski definition) is 1. The fourth-order valence-electron chi connectivity index (χ4n) is 5.39. The first-order chi connectivity index (χ1) is 15.0. The third-order valence-electron chi connectivity index (χ3n) is 7.11. The van der Waals surface area contributed by atoms with Crippen LogP contribution in [0.25, 0.3) is 0 Å². The van der Waals surface area contributed by atoms with Crippen LogP contribution in [0, 0.1) is 0 Å². The van der Waals surface area contributed by atoms with Crippen molar-refractivity contribution in [3.63, 3.8) is 0 Å². The average Bonchev–Trinajstić information content (AvgIpc) is 3.36. The predicted octanol–water partition coefficient (Wildman–Crippen LogP) is 2.87. The van der Waals surface area contributed by atoms with Crippen LogP contribution >= 0.6 is 0 Å². The largest absolute Gasteiger partial charge is 0.339 e. The maximum atomic E-state index is 12.9. The summed E-state index contributed by atoms with van der Waals surface area (Å²) >= 11 is 0. The Morgan fingerprint density at radius 1 is 1.10 bits per heavy atom. The first-order valence-electron chi connectivity index (χ1n) is 11.8. The Hall–Kier alpha value is -2.41. The highest BCUT2D eigenvalue weighted by Gasteiger charge is 2.52. The van der Waals surface area contributed by atoms with Gasteiger partial charge in [-0.15, -0.1) is 0 Å². The van der Waals surface area contributed by atoms with Crippen molar-refractivity contribution >= 4 is 17.8 Å². The van der Waals surface area contributed by atoms with E-state index in [4.69, 9.17) is 0 Å². The van der Waals surface area contributed by atoms with Gasteiger partial charge in [0.05, 0.1) is 0 Å². The Bertz CT molecular complexity index is 798. The fourth-order valence-corrected chi connectivity index (χ4v) is 5.39. The first kappa shape index (κ1) is 21.8. The van der Waals surface area contributed by atoms with Crippen molar-refractivity contribution in [1.82, 2.24) is 20.0 Å². The Kier molecular flexibility index (Phi) is 6.60. The van der Waals surface area contributed by atoms with Crippen LogP contribution in [0.15, 0.2) is 30.3 Å². The van der Waals surface area contributed by atoms with E-state index in [1.807, 2.05) is 35.2 Å². The molecule has 31 heavy (non-hydrogen) atoms. The third kappa shape index (κ3) is 4.47. The summed E-state index contributed by atoms with van der Waals surface area (Å²) in [4.78, 5) is 43.9. The molecule has 7 nitrogen and oxygen atoms in total. The zero-order chi connectivity index (χ0) is 21.8. The molecule has 2 saturated heterocycles. The quantitative estimate of drug-likeness (QED) is 0.681. The minimum Gasteiger partial charge on any atom is -0.339 e. The van der Waals surface area contributed by atoms with E-state index in [-0.39, 0.29) is 17.8 Å². The summed E-state index contributed by atoms with van der Waals surface area (Å²) in [6.45, 7) is 5.71. The smallest absolute Gasteiger partial charge is 0.325 e. The zero-order valence-corrected chi connectivity index (χ0v) is 18.5.